The van der Waals surface area contributed by atoms with E-state index < -0.39 is 0 Å². The summed E-state index contributed by atoms with van der Waals surface area (Å²) >= 11 is 6.51. The molecule has 0 bridgehead atoms. The topological polar surface area (TPSA) is 87.5 Å². The molecular weight excluding hydrogens is 364 g/mol. The molecule has 3 amide bonds. The minimum atomic E-state index is -0.353. The molecule has 140 valence electrons. The summed E-state index contributed by atoms with van der Waals surface area (Å²) in [6.45, 7) is 1.25. The normalized spacial score (nSPS) is 16.6. The Morgan fingerprint density at radius 1 is 1.15 bits per heavy atom. The van der Waals surface area contributed by atoms with Gasteiger partial charge in [0.25, 0.3) is 0 Å². The van der Waals surface area contributed by atoms with Crippen molar-refractivity contribution in [1.29, 1.82) is 0 Å². The third kappa shape index (κ3) is 3.71. The quantitative estimate of drug-likeness (QED) is 0.525. The number of imide groups is 1. The smallest absolute Gasteiger partial charge is 0.324 e. The van der Waals surface area contributed by atoms with Gasteiger partial charge in [0.15, 0.2) is 0 Å². The molecule has 4 N–H and O–H groups in total. The predicted octanol–water partition coefficient (Wildman–Crippen LogP) is 3.46. The Morgan fingerprint density at radius 3 is 2.52 bits per heavy atom. The SMILES string of the molecule is Nc1c(NCC2CC2)ccc(-c2ccc(CN3C(=O)CNC3=O)cc2)c1Cl. The van der Waals surface area contributed by atoms with Gasteiger partial charge in [0.2, 0.25) is 5.91 Å². The molecule has 6 nitrogen and oxygen atoms in total. The van der Waals surface area contributed by atoms with Crippen molar-refractivity contribution in [1.82, 2.24) is 10.2 Å². The second-order valence-electron chi connectivity index (χ2n) is 7.05. The van der Waals surface area contributed by atoms with E-state index in [0.29, 0.717) is 10.7 Å². The first-order valence-electron chi connectivity index (χ1n) is 9.02. The third-order valence-electron chi connectivity index (χ3n) is 5.00. The van der Waals surface area contributed by atoms with Crippen LogP contribution in [0.4, 0.5) is 16.2 Å². The van der Waals surface area contributed by atoms with Crippen molar-refractivity contribution in [2.45, 2.75) is 19.4 Å². The van der Waals surface area contributed by atoms with Crippen LogP contribution in [0.2, 0.25) is 5.02 Å². The first-order valence-corrected chi connectivity index (χ1v) is 9.40. The number of hydrogen-bond donors (Lipinski definition) is 3. The summed E-state index contributed by atoms with van der Waals surface area (Å²) in [7, 11) is 0. The second-order valence-corrected chi connectivity index (χ2v) is 7.43. The molecule has 0 unspecified atom stereocenters. The maximum Gasteiger partial charge on any atom is 0.324 e. The van der Waals surface area contributed by atoms with E-state index in [1.807, 2.05) is 36.4 Å². The molecule has 27 heavy (non-hydrogen) atoms. The Labute approximate surface area is 162 Å². The van der Waals surface area contributed by atoms with Crippen LogP contribution in [0.3, 0.4) is 0 Å². The molecule has 2 aromatic rings. The lowest BCUT2D eigenvalue weighted by molar-refractivity contribution is -0.125. The summed E-state index contributed by atoms with van der Waals surface area (Å²) < 4.78 is 0. The molecule has 0 spiro atoms. The number of anilines is 2. The summed E-state index contributed by atoms with van der Waals surface area (Å²) in [5.74, 6) is 0.536. The number of amides is 3. The summed E-state index contributed by atoms with van der Waals surface area (Å²) in [4.78, 5) is 24.6. The van der Waals surface area contributed by atoms with E-state index in [2.05, 4.69) is 10.6 Å². The van der Waals surface area contributed by atoms with Gasteiger partial charge in [0, 0.05) is 12.1 Å². The van der Waals surface area contributed by atoms with Crippen molar-refractivity contribution in [2.75, 3.05) is 24.1 Å². The van der Waals surface area contributed by atoms with Crippen LogP contribution in [-0.4, -0.2) is 29.9 Å². The van der Waals surface area contributed by atoms with Crippen molar-refractivity contribution in [3.05, 3.63) is 47.0 Å². The Hall–Kier alpha value is -2.73. The van der Waals surface area contributed by atoms with Gasteiger partial charge < -0.3 is 16.4 Å². The van der Waals surface area contributed by atoms with Crippen LogP contribution >= 0.6 is 11.6 Å². The van der Waals surface area contributed by atoms with E-state index >= 15 is 0 Å². The van der Waals surface area contributed by atoms with E-state index in [4.69, 9.17) is 17.3 Å². The fourth-order valence-electron chi connectivity index (χ4n) is 3.13. The van der Waals surface area contributed by atoms with Gasteiger partial charge in [-0.25, -0.2) is 4.79 Å². The maximum absolute atomic E-state index is 11.7. The Morgan fingerprint density at radius 2 is 1.89 bits per heavy atom. The number of urea groups is 1. The minimum absolute atomic E-state index is 0.0624. The van der Waals surface area contributed by atoms with Gasteiger partial charge in [-0.2, -0.15) is 0 Å². The van der Waals surface area contributed by atoms with Crippen molar-refractivity contribution >= 4 is 34.9 Å². The average molecular weight is 385 g/mol. The second kappa shape index (κ2) is 7.12. The molecule has 0 aromatic heterocycles. The molecule has 1 aliphatic carbocycles. The molecule has 1 saturated carbocycles. The molecule has 1 aliphatic heterocycles. The molecule has 0 atom stereocenters. The number of benzene rings is 2. The highest BCUT2D eigenvalue weighted by molar-refractivity contribution is 6.36. The van der Waals surface area contributed by atoms with Gasteiger partial charge in [-0.05, 0) is 36.0 Å². The number of hydrogen-bond acceptors (Lipinski definition) is 4. The first-order chi connectivity index (χ1) is 13.0. The predicted molar refractivity (Wildman–Crippen MR) is 106 cm³/mol. The molecule has 2 fully saturated rings. The molecule has 1 saturated heterocycles. The van der Waals surface area contributed by atoms with Gasteiger partial charge >= 0.3 is 6.03 Å². The van der Waals surface area contributed by atoms with Crippen LogP contribution in [-0.2, 0) is 11.3 Å². The molecule has 2 aliphatic rings. The highest BCUT2D eigenvalue weighted by atomic mass is 35.5. The maximum atomic E-state index is 11.7. The zero-order chi connectivity index (χ0) is 19.0. The summed E-state index contributed by atoms with van der Waals surface area (Å²) in [6, 6.07) is 11.2. The molecule has 2 aromatic carbocycles. The Balaban J connectivity index is 1.50. The van der Waals surface area contributed by atoms with Crippen molar-refractivity contribution < 1.29 is 9.59 Å². The van der Waals surface area contributed by atoms with E-state index in [1.165, 1.54) is 17.7 Å². The Bertz CT molecular complexity index is 878. The number of nitrogens with zero attached hydrogens (tertiary/aromatic N) is 1. The summed E-state index contributed by atoms with van der Waals surface area (Å²) in [5, 5.41) is 6.41. The fourth-order valence-corrected chi connectivity index (χ4v) is 3.41. The fraction of sp³-hybridized carbons (Fsp3) is 0.300. The molecular formula is C20H21ClN4O2. The summed E-state index contributed by atoms with van der Waals surface area (Å²) in [5.41, 5.74) is 10.3. The number of rotatable bonds is 6. The highest BCUT2D eigenvalue weighted by Crippen LogP contribution is 2.38. The van der Waals surface area contributed by atoms with Crippen LogP contribution in [0.1, 0.15) is 18.4 Å². The van der Waals surface area contributed by atoms with E-state index in [1.54, 1.807) is 0 Å². The number of carbonyl (C=O) groups excluding carboxylic acids is 2. The van der Waals surface area contributed by atoms with Crippen LogP contribution in [0.25, 0.3) is 11.1 Å². The van der Waals surface area contributed by atoms with Crippen molar-refractivity contribution in [2.24, 2.45) is 5.92 Å². The average Bonchev–Trinajstić information content (AvgIpc) is 3.45. The van der Waals surface area contributed by atoms with Gasteiger partial charge in [0.1, 0.15) is 0 Å². The van der Waals surface area contributed by atoms with E-state index in [9.17, 15) is 9.59 Å². The van der Waals surface area contributed by atoms with Crippen LogP contribution in [0.5, 0.6) is 0 Å². The lowest BCUT2D eigenvalue weighted by atomic mass is 10.0. The minimum Gasteiger partial charge on any atom is -0.396 e. The largest absolute Gasteiger partial charge is 0.396 e. The summed E-state index contributed by atoms with van der Waals surface area (Å²) in [6.07, 6.45) is 2.55. The third-order valence-corrected chi connectivity index (χ3v) is 5.41. The van der Waals surface area contributed by atoms with Gasteiger partial charge in [-0.3, -0.25) is 9.69 Å². The van der Waals surface area contributed by atoms with Gasteiger partial charge in [-0.1, -0.05) is 41.9 Å². The highest BCUT2D eigenvalue weighted by Gasteiger charge is 2.28. The number of nitrogens with one attached hydrogen (secondary N) is 2. The molecule has 0 radical (unpaired) electrons. The van der Waals surface area contributed by atoms with Gasteiger partial charge in [0.05, 0.1) is 29.5 Å². The van der Waals surface area contributed by atoms with E-state index in [-0.39, 0.29) is 25.0 Å². The standard InChI is InChI=1S/C20H21ClN4O2/c21-18-15(7-8-16(19(18)22)23-9-12-1-2-12)14-5-3-13(4-6-14)11-25-17(26)10-24-20(25)27/h3-8,12,23H,1-2,9-11,22H2,(H,24,27). The van der Waals surface area contributed by atoms with Crippen molar-refractivity contribution in [3.63, 3.8) is 0 Å². The Kier molecular flexibility index (Phi) is 4.66. The molecule has 1 heterocycles. The number of nitrogens with two attached hydrogens (primary N) is 1. The lowest BCUT2D eigenvalue weighted by Crippen LogP contribution is -2.30. The zero-order valence-corrected chi connectivity index (χ0v) is 15.6. The van der Waals surface area contributed by atoms with Crippen LogP contribution in [0.15, 0.2) is 36.4 Å². The number of carbonyl (C=O) groups is 2. The lowest BCUT2D eigenvalue weighted by Gasteiger charge is -2.15. The van der Waals surface area contributed by atoms with Crippen molar-refractivity contribution in [3.8, 4) is 11.1 Å². The van der Waals surface area contributed by atoms with Gasteiger partial charge in [-0.15, -0.1) is 0 Å². The first kappa shape index (κ1) is 17.7. The van der Waals surface area contributed by atoms with Crippen LogP contribution in [0, 0.1) is 5.92 Å². The zero-order valence-electron chi connectivity index (χ0n) is 14.8. The van der Waals surface area contributed by atoms with Crippen LogP contribution < -0.4 is 16.4 Å². The van der Waals surface area contributed by atoms with E-state index in [0.717, 1.165) is 34.8 Å². The molecule has 7 heteroatoms. The number of nitrogen functional groups attached to an aromatic ring is 1. The monoisotopic (exact) mass is 384 g/mol. The number of halogens is 1. The molecule has 4 rings (SSSR count).